The summed E-state index contributed by atoms with van der Waals surface area (Å²) in [7, 11) is 2.91. The van der Waals surface area contributed by atoms with Crippen LogP contribution in [0.25, 0.3) is 22.1 Å². The highest BCUT2D eigenvalue weighted by molar-refractivity contribution is 5.94. The van der Waals surface area contributed by atoms with Crippen LogP contribution in [0.5, 0.6) is 0 Å². The smallest absolute Gasteiger partial charge is 0.332 e. The number of aromatic nitrogens is 5. The fourth-order valence-corrected chi connectivity index (χ4v) is 2.92. The van der Waals surface area contributed by atoms with E-state index in [1.807, 2.05) is 24.3 Å². The van der Waals surface area contributed by atoms with E-state index in [1.54, 1.807) is 0 Å². The number of amides is 1. The minimum Gasteiger partial charge on any atom is -0.343 e. The quantitative estimate of drug-likeness (QED) is 0.547. The predicted octanol–water partition coefficient (Wildman–Crippen LogP) is 0.438. The van der Waals surface area contributed by atoms with Crippen molar-refractivity contribution < 1.29 is 4.79 Å². The molecule has 3 aromatic heterocycles. The van der Waals surface area contributed by atoms with Crippen LogP contribution >= 0.6 is 0 Å². The standard InChI is InChI=1S/C18H16N6O3/c1-23-15-10(17(26)24(2)18(23)27)7-8-13(22-15)16(25)19-9-14-20-11-5-3-4-6-12(11)21-14/h3-8H,9H2,1-2H3,(H,19,25)(H,20,21). The van der Waals surface area contributed by atoms with E-state index >= 15 is 0 Å². The largest absolute Gasteiger partial charge is 0.343 e. The Morgan fingerprint density at radius 1 is 1.07 bits per heavy atom. The van der Waals surface area contributed by atoms with Crippen molar-refractivity contribution in [1.29, 1.82) is 0 Å². The van der Waals surface area contributed by atoms with Crippen molar-refractivity contribution in [3.05, 3.63) is 68.8 Å². The number of hydrogen-bond acceptors (Lipinski definition) is 5. The molecule has 0 radical (unpaired) electrons. The van der Waals surface area contributed by atoms with Gasteiger partial charge in [0.05, 0.1) is 23.0 Å². The summed E-state index contributed by atoms with van der Waals surface area (Å²) >= 11 is 0. The molecule has 27 heavy (non-hydrogen) atoms. The van der Waals surface area contributed by atoms with Crippen molar-refractivity contribution in [2.75, 3.05) is 0 Å². The van der Waals surface area contributed by atoms with Crippen LogP contribution in [0.15, 0.2) is 46.0 Å². The molecule has 136 valence electrons. The van der Waals surface area contributed by atoms with Gasteiger partial charge in [0, 0.05) is 14.1 Å². The Balaban J connectivity index is 1.62. The number of rotatable bonds is 3. The van der Waals surface area contributed by atoms with Gasteiger partial charge in [-0.1, -0.05) is 12.1 Å². The van der Waals surface area contributed by atoms with Gasteiger partial charge in [0.25, 0.3) is 11.5 Å². The molecule has 3 heterocycles. The molecule has 0 aliphatic rings. The number of hydrogen-bond donors (Lipinski definition) is 2. The van der Waals surface area contributed by atoms with E-state index in [4.69, 9.17) is 0 Å². The normalized spacial score (nSPS) is 11.2. The van der Waals surface area contributed by atoms with Gasteiger partial charge in [-0.15, -0.1) is 0 Å². The van der Waals surface area contributed by atoms with Gasteiger partial charge in [-0.05, 0) is 24.3 Å². The number of aromatic amines is 1. The van der Waals surface area contributed by atoms with E-state index in [-0.39, 0.29) is 23.3 Å². The highest BCUT2D eigenvalue weighted by Crippen LogP contribution is 2.10. The number of pyridine rings is 1. The Hall–Kier alpha value is -3.75. The lowest BCUT2D eigenvalue weighted by Gasteiger charge is -2.08. The predicted molar refractivity (Wildman–Crippen MR) is 99.5 cm³/mol. The lowest BCUT2D eigenvalue weighted by molar-refractivity contribution is 0.0945. The summed E-state index contributed by atoms with van der Waals surface area (Å²) in [4.78, 5) is 48.4. The first kappa shape index (κ1) is 16.7. The van der Waals surface area contributed by atoms with Crippen molar-refractivity contribution in [2.45, 2.75) is 6.54 Å². The van der Waals surface area contributed by atoms with Crippen molar-refractivity contribution in [3.8, 4) is 0 Å². The Bertz CT molecular complexity index is 1280. The first-order valence-electron chi connectivity index (χ1n) is 8.24. The molecule has 2 N–H and O–H groups in total. The summed E-state index contributed by atoms with van der Waals surface area (Å²) < 4.78 is 2.25. The maximum Gasteiger partial charge on any atom is 0.332 e. The highest BCUT2D eigenvalue weighted by Gasteiger charge is 2.14. The zero-order chi connectivity index (χ0) is 19.1. The lowest BCUT2D eigenvalue weighted by Crippen LogP contribution is -2.37. The van der Waals surface area contributed by atoms with E-state index in [2.05, 4.69) is 20.3 Å². The van der Waals surface area contributed by atoms with Crippen molar-refractivity contribution in [2.24, 2.45) is 14.1 Å². The maximum atomic E-state index is 12.4. The van der Waals surface area contributed by atoms with Crippen LogP contribution in [0, 0.1) is 0 Å². The second-order valence-corrected chi connectivity index (χ2v) is 6.16. The highest BCUT2D eigenvalue weighted by atomic mass is 16.2. The first-order chi connectivity index (χ1) is 13.0. The van der Waals surface area contributed by atoms with Gasteiger partial charge < -0.3 is 10.3 Å². The topological polar surface area (TPSA) is 115 Å². The monoisotopic (exact) mass is 364 g/mol. The van der Waals surface area contributed by atoms with E-state index in [9.17, 15) is 14.4 Å². The average Bonchev–Trinajstić information content (AvgIpc) is 3.11. The second kappa shape index (κ2) is 6.20. The number of H-pyrrole nitrogens is 1. The Morgan fingerprint density at radius 2 is 1.85 bits per heavy atom. The summed E-state index contributed by atoms with van der Waals surface area (Å²) in [5.41, 5.74) is 1.03. The number of imidazole rings is 1. The zero-order valence-corrected chi connectivity index (χ0v) is 14.7. The van der Waals surface area contributed by atoms with E-state index in [0.717, 1.165) is 15.6 Å². The molecule has 0 unspecified atom stereocenters. The first-order valence-corrected chi connectivity index (χ1v) is 8.24. The Morgan fingerprint density at radius 3 is 2.63 bits per heavy atom. The lowest BCUT2D eigenvalue weighted by atomic mass is 10.2. The van der Waals surface area contributed by atoms with Crippen molar-refractivity contribution >= 4 is 28.0 Å². The molecule has 4 rings (SSSR count). The zero-order valence-electron chi connectivity index (χ0n) is 14.7. The SMILES string of the molecule is Cn1c(=O)c2ccc(C(=O)NCc3nc4ccccc4[nH]3)nc2n(C)c1=O. The van der Waals surface area contributed by atoms with Gasteiger partial charge in [0.15, 0.2) is 0 Å². The van der Waals surface area contributed by atoms with Crippen LogP contribution in [0.4, 0.5) is 0 Å². The molecule has 0 aliphatic heterocycles. The van der Waals surface area contributed by atoms with Crippen molar-refractivity contribution in [3.63, 3.8) is 0 Å². The minimum absolute atomic E-state index is 0.113. The van der Waals surface area contributed by atoms with Gasteiger partial charge in [-0.2, -0.15) is 0 Å². The molecule has 0 aliphatic carbocycles. The average molecular weight is 364 g/mol. The fourth-order valence-electron chi connectivity index (χ4n) is 2.92. The molecule has 1 amide bonds. The number of nitrogens with one attached hydrogen (secondary N) is 2. The molecule has 0 atom stereocenters. The van der Waals surface area contributed by atoms with Crippen LogP contribution in [-0.2, 0) is 20.6 Å². The number of benzene rings is 1. The number of aryl methyl sites for hydroxylation is 1. The van der Waals surface area contributed by atoms with Crippen LogP contribution in [0.1, 0.15) is 16.3 Å². The van der Waals surface area contributed by atoms with Gasteiger partial charge in [-0.3, -0.25) is 18.7 Å². The van der Waals surface area contributed by atoms with Crippen LogP contribution in [-0.4, -0.2) is 30.0 Å². The molecule has 4 aromatic rings. The van der Waals surface area contributed by atoms with Gasteiger partial charge in [0.1, 0.15) is 17.2 Å². The molecule has 0 spiro atoms. The second-order valence-electron chi connectivity index (χ2n) is 6.16. The summed E-state index contributed by atoms with van der Waals surface area (Å²) in [6.45, 7) is 0.197. The maximum absolute atomic E-state index is 12.4. The van der Waals surface area contributed by atoms with E-state index in [1.165, 1.54) is 30.8 Å². The van der Waals surface area contributed by atoms with Crippen LogP contribution < -0.4 is 16.6 Å². The fraction of sp³-hybridized carbons (Fsp3) is 0.167. The summed E-state index contributed by atoms with van der Waals surface area (Å²) in [5.74, 6) is 0.192. The molecule has 0 saturated heterocycles. The molecule has 9 heteroatoms. The molecular formula is C18H16N6O3. The molecular weight excluding hydrogens is 348 g/mol. The van der Waals surface area contributed by atoms with Crippen molar-refractivity contribution in [1.82, 2.24) is 29.4 Å². The molecule has 1 aromatic carbocycles. The number of carbonyl (C=O) groups excluding carboxylic acids is 1. The van der Waals surface area contributed by atoms with Crippen LogP contribution in [0.2, 0.25) is 0 Å². The van der Waals surface area contributed by atoms with Gasteiger partial charge in [0.2, 0.25) is 0 Å². The molecule has 0 saturated carbocycles. The third-order valence-corrected chi connectivity index (χ3v) is 4.39. The number of nitrogens with zero attached hydrogens (tertiary/aromatic N) is 4. The molecule has 0 fully saturated rings. The molecule has 0 bridgehead atoms. The minimum atomic E-state index is -0.500. The molecule has 9 nitrogen and oxygen atoms in total. The summed E-state index contributed by atoms with van der Waals surface area (Å²) in [5, 5.41) is 3.01. The number of para-hydroxylation sites is 2. The Kier molecular flexibility index (Phi) is 3.84. The van der Waals surface area contributed by atoms with Crippen LogP contribution in [0.3, 0.4) is 0 Å². The van der Waals surface area contributed by atoms with E-state index < -0.39 is 17.2 Å². The van der Waals surface area contributed by atoms with E-state index in [0.29, 0.717) is 5.82 Å². The summed E-state index contributed by atoms with van der Waals surface area (Å²) in [6.07, 6.45) is 0. The number of carbonyl (C=O) groups is 1. The van der Waals surface area contributed by atoms with Gasteiger partial charge in [-0.25, -0.2) is 14.8 Å². The third-order valence-electron chi connectivity index (χ3n) is 4.39. The van der Waals surface area contributed by atoms with Gasteiger partial charge >= 0.3 is 5.69 Å². The number of fused-ring (bicyclic) bond motifs is 2. The summed E-state index contributed by atoms with van der Waals surface area (Å²) in [6, 6.07) is 10.5. The Labute approximate surface area is 152 Å². The third kappa shape index (κ3) is 2.78.